The molecule has 10 heteroatoms. The second-order valence-corrected chi connectivity index (χ2v) is 9.33. The third-order valence-electron chi connectivity index (χ3n) is 5.23. The average molecular weight is 491 g/mol. The Morgan fingerprint density at radius 2 is 2.06 bits per heavy atom. The van der Waals surface area contributed by atoms with Crippen molar-refractivity contribution in [3.8, 4) is 5.75 Å². The highest BCUT2D eigenvalue weighted by molar-refractivity contribution is 6.31. The third kappa shape index (κ3) is 7.21. The molecule has 0 spiro atoms. The van der Waals surface area contributed by atoms with E-state index in [2.05, 4.69) is 29.6 Å². The quantitative estimate of drug-likeness (QED) is 0.683. The number of carbonyl (C=O) groups excluding carboxylic acids is 3. The minimum absolute atomic E-state index is 0.110. The van der Waals surface area contributed by atoms with Gasteiger partial charge in [0.05, 0.1) is 23.8 Å². The zero-order valence-electron chi connectivity index (χ0n) is 19.7. The number of amides is 3. The zero-order chi connectivity index (χ0) is 24.7. The van der Waals surface area contributed by atoms with E-state index in [1.165, 1.54) is 4.90 Å². The summed E-state index contributed by atoms with van der Waals surface area (Å²) in [6, 6.07) is 6.11. The second kappa shape index (κ2) is 11.9. The van der Waals surface area contributed by atoms with Crippen molar-refractivity contribution in [1.82, 2.24) is 20.7 Å². The molecule has 1 aromatic carbocycles. The molecule has 3 amide bonds. The Bertz CT molecular complexity index is 1020. The molecule has 1 aliphatic heterocycles. The molecule has 2 heterocycles. The van der Waals surface area contributed by atoms with E-state index < -0.39 is 5.91 Å². The van der Waals surface area contributed by atoms with Crippen LogP contribution >= 0.6 is 11.6 Å². The van der Waals surface area contributed by atoms with Crippen LogP contribution in [0.4, 0.5) is 0 Å². The van der Waals surface area contributed by atoms with Gasteiger partial charge in [-0.15, -0.1) is 0 Å². The molecule has 1 atom stereocenters. The van der Waals surface area contributed by atoms with Crippen molar-refractivity contribution in [2.45, 2.75) is 46.1 Å². The molecule has 9 nitrogen and oxygen atoms in total. The number of nitrogens with zero attached hydrogens (tertiary/aromatic N) is 2. The van der Waals surface area contributed by atoms with E-state index in [4.69, 9.17) is 20.9 Å². The van der Waals surface area contributed by atoms with Crippen molar-refractivity contribution in [1.29, 1.82) is 0 Å². The van der Waals surface area contributed by atoms with Crippen LogP contribution in [-0.2, 0) is 11.2 Å². The second-order valence-electron chi connectivity index (χ2n) is 8.89. The van der Waals surface area contributed by atoms with Crippen LogP contribution in [0.1, 0.15) is 60.2 Å². The smallest absolute Gasteiger partial charge is 0.292 e. The van der Waals surface area contributed by atoms with Gasteiger partial charge in [-0.3, -0.25) is 14.4 Å². The van der Waals surface area contributed by atoms with E-state index in [0.717, 1.165) is 0 Å². The number of carbonyl (C=O) groups is 3. The van der Waals surface area contributed by atoms with Crippen LogP contribution in [0.3, 0.4) is 0 Å². The maximum Gasteiger partial charge on any atom is 0.292 e. The monoisotopic (exact) mass is 490 g/mol. The van der Waals surface area contributed by atoms with Crippen LogP contribution in [0, 0.1) is 5.92 Å². The first-order chi connectivity index (χ1) is 16.2. The molecule has 0 radical (unpaired) electrons. The van der Waals surface area contributed by atoms with Crippen LogP contribution in [0.5, 0.6) is 5.75 Å². The van der Waals surface area contributed by atoms with Gasteiger partial charge in [-0.25, -0.2) is 0 Å². The standard InChI is InChI=1S/C24H31ClN4O5/c1-15(2)10-18-12-21(34-28-18)24(32)29-9-5-4-8-26-23(31)19-11-17(25)6-7-20(19)33-14-16(3)27-22(30)13-29/h6-7,11-12,15-16H,4-5,8-10,13-14H2,1-3H3,(H,26,31)(H,27,30)/t16-/m1/s1. The third-order valence-corrected chi connectivity index (χ3v) is 5.47. The van der Waals surface area contributed by atoms with E-state index >= 15 is 0 Å². The van der Waals surface area contributed by atoms with Gasteiger partial charge >= 0.3 is 0 Å². The molecule has 0 saturated heterocycles. The number of rotatable bonds is 3. The number of hydrogen-bond acceptors (Lipinski definition) is 6. The number of fused-ring (bicyclic) bond motifs is 1. The predicted octanol–water partition coefficient (Wildman–Crippen LogP) is 3.08. The maximum absolute atomic E-state index is 13.1. The molecule has 0 unspecified atom stereocenters. The largest absolute Gasteiger partial charge is 0.491 e. The van der Waals surface area contributed by atoms with E-state index in [1.54, 1.807) is 31.2 Å². The molecule has 2 N–H and O–H groups in total. The summed E-state index contributed by atoms with van der Waals surface area (Å²) in [6.45, 7) is 6.64. The lowest BCUT2D eigenvalue weighted by atomic mass is 10.1. The lowest BCUT2D eigenvalue weighted by Gasteiger charge is -2.22. The van der Waals surface area contributed by atoms with Crippen LogP contribution < -0.4 is 15.4 Å². The molecule has 3 rings (SSSR count). The minimum Gasteiger partial charge on any atom is -0.491 e. The molecular weight excluding hydrogens is 460 g/mol. The van der Waals surface area contributed by atoms with Gasteiger partial charge in [0.2, 0.25) is 11.7 Å². The molecule has 0 fully saturated rings. The molecule has 1 aromatic heterocycles. The van der Waals surface area contributed by atoms with Crippen molar-refractivity contribution in [2.75, 3.05) is 26.2 Å². The van der Waals surface area contributed by atoms with Crippen molar-refractivity contribution in [2.24, 2.45) is 5.92 Å². The maximum atomic E-state index is 13.1. The molecule has 2 aromatic rings. The summed E-state index contributed by atoms with van der Waals surface area (Å²) in [6.07, 6.45) is 1.89. The Morgan fingerprint density at radius 1 is 1.26 bits per heavy atom. The van der Waals surface area contributed by atoms with Crippen LogP contribution in [0.2, 0.25) is 5.02 Å². The number of hydrogen-bond donors (Lipinski definition) is 2. The fraction of sp³-hybridized carbons (Fsp3) is 0.500. The number of halogens is 1. The highest BCUT2D eigenvalue weighted by Gasteiger charge is 2.24. The molecule has 0 saturated carbocycles. The number of benzene rings is 1. The normalized spacial score (nSPS) is 18.3. The van der Waals surface area contributed by atoms with Gasteiger partial charge in [0, 0.05) is 24.2 Å². The average Bonchev–Trinajstić information content (AvgIpc) is 3.23. The molecule has 0 aliphatic carbocycles. The summed E-state index contributed by atoms with van der Waals surface area (Å²) in [5, 5.41) is 10.1. The van der Waals surface area contributed by atoms with Crippen molar-refractivity contribution in [3.05, 3.63) is 46.3 Å². The van der Waals surface area contributed by atoms with Gasteiger partial charge in [0.25, 0.3) is 11.8 Å². The van der Waals surface area contributed by atoms with Crippen LogP contribution in [-0.4, -0.2) is 60.1 Å². The molecular formula is C24H31ClN4O5. The van der Waals surface area contributed by atoms with Gasteiger partial charge in [0.15, 0.2) is 0 Å². The highest BCUT2D eigenvalue weighted by Crippen LogP contribution is 2.23. The fourth-order valence-electron chi connectivity index (χ4n) is 3.62. The van der Waals surface area contributed by atoms with Crippen molar-refractivity contribution >= 4 is 29.3 Å². The predicted molar refractivity (Wildman–Crippen MR) is 127 cm³/mol. The first-order valence-corrected chi connectivity index (χ1v) is 11.9. The first kappa shape index (κ1) is 25.6. The van der Waals surface area contributed by atoms with E-state index in [-0.39, 0.29) is 36.8 Å². The van der Waals surface area contributed by atoms with Gasteiger partial charge in [-0.1, -0.05) is 30.6 Å². The lowest BCUT2D eigenvalue weighted by molar-refractivity contribution is -0.122. The summed E-state index contributed by atoms with van der Waals surface area (Å²) in [4.78, 5) is 39.8. The fourth-order valence-corrected chi connectivity index (χ4v) is 3.79. The van der Waals surface area contributed by atoms with Crippen LogP contribution in [0.25, 0.3) is 0 Å². The Kier molecular flexibility index (Phi) is 8.92. The number of ether oxygens (including phenoxy) is 1. The van der Waals surface area contributed by atoms with Crippen LogP contribution in [0.15, 0.2) is 28.8 Å². The zero-order valence-corrected chi connectivity index (χ0v) is 20.5. The topological polar surface area (TPSA) is 114 Å². The van der Waals surface area contributed by atoms with E-state index in [1.807, 2.05) is 0 Å². The number of aromatic nitrogens is 1. The summed E-state index contributed by atoms with van der Waals surface area (Å²) < 4.78 is 11.1. The SMILES string of the molecule is CC(C)Cc1cc(C(=O)N2CCCCNC(=O)c3cc(Cl)ccc3OC[C@@H](C)NC(=O)C2)on1. The van der Waals surface area contributed by atoms with Gasteiger partial charge in [0.1, 0.15) is 12.4 Å². The van der Waals surface area contributed by atoms with Gasteiger partial charge in [-0.05, 0) is 50.3 Å². The molecule has 1 aliphatic rings. The summed E-state index contributed by atoms with van der Waals surface area (Å²) >= 11 is 6.06. The van der Waals surface area contributed by atoms with Gasteiger partial charge in [-0.2, -0.15) is 0 Å². The Morgan fingerprint density at radius 3 is 2.82 bits per heavy atom. The number of nitrogens with one attached hydrogen (secondary N) is 2. The first-order valence-electron chi connectivity index (χ1n) is 11.5. The van der Waals surface area contributed by atoms with Gasteiger partial charge < -0.3 is 24.8 Å². The minimum atomic E-state index is -0.392. The Hall–Kier alpha value is -3.07. The van der Waals surface area contributed by atoms with E-state index in [0.29, 0.717) is 60.3 Å². The molecule has 34 heavy (non-hydrogen) atoms. The molecule has 0 bridgehead atoms. The highest BCUT2D eigenvalue weighted by atomic mass is 35.5. The summed E-state index contributed by atoms with van der Waals surface area (Å²) in [5.74, 6) is -0.130. The van der Waals surface area contributed by atoms with E-state index in [9.17, 15) is 14.4 Å². The molecule has 184 valence electrons. The van der Waals surface area contributed by atoms with Crippen molar-refractivity contribution < 1.29 is 23.6 Å². The summed E-state index contributed by atoms with van der Waals surface area (Å²) in [5.41, 5.74) is 1.04. The summed E-state index contributed by atoms with van der Waals surface area (Å²) in [7, 11) is 0. The Labute approximate surface area is 204 Å². The Balaban J connectivity index is 1.73. The lowest BCUT2D eigenvalue weighted by Crippen LogP contribution is -2.45. The van der Waals surface area contributed by atoms with Crippen molar-refractivity contribution in [3.63, 3.8) is 0 Å².